The molecule has 7 nitrogen and oxygen atoms in total. The maximum absolute atomic E-state index is 11.4. The van der Waals surface area contributed by atoms with Crippen molar-refractivity contribution in [2.45, 2.75) is 0 Å². The molecule has 118 valence electrons. The van der Waals surface area contributed by atoms with Crippen molar-refractivity contribution < 1.29 is 4.74 Å². The van der Waals surface area contributed by atoms with Gasteiger partial charge in [-0.05, 0) is 0 Å². The number of aromatic nitrogens is 5. The minimum atomic E-state index is -0.256. The average molecular weight is 319 g/mol. The third-order valence-corrected chi connectivity index (χ3v) is 3.72. The summed E-state index contributed by atoms with van der Waals surface area (Å²) in [6.07, 6.45) is 7.95. The summed E-state index contributed by atoms with van der Waals surface area (Å²) in [7, 11) is 1.62. The Morgan fingerprint density at radius 3 is 2.71 bits per heavy atom. The Morgan fingerprint density at radius 2 is 1.92 bits per heavy atom. The second-order valence-electron chi connectivity index (χ2n) is 5.18. The molecule has 1 aromatic carbocycles. The molecule has 0 atom stereocenters. The molecule has 1 N–H and O–H groups in total. The smallest absolute Gasteiger partial charge is 0.266 e. The van der Waals surface area contributed by atoms with Gasteiger partial charge in [-0.25, -0.2) is 9.67 Å². The van der Waals surface area contributed by atoms with Crippen LogP contribution in [0.3, 0.4) is 0 Å². The Balaban J connectivity index is 1.86. The normalized spacial score (nSPS) is 10.9. The van der Waals surface area contributed by atoms with E-state index in [1.165, 1.54) is 6.20 Å². The molecule has 0 amide bonds. The first kappa shape index (κ1) is 14.1. The van der Waals surface area contributed by atoms with Crippen LogP contribution in [0.25, 0.3) is 27.8 Å². The van der Waals surface area contributed by atoms with E-state index in [1.54, 1.807) is 36.6 Å². The molecule has 0 bridgehead atoms. The van der Waals surface area contributed by atoms with Gasteiger partial charge in [-0.1, -0.05) is 24.3 Å². The van der Waals surface area contributed by atoms with Crippen molar-refractivity contribution in [3.05, 3.63) is 65.6 Å². The summed E-state index contributed by atoms with van der Waals surface area (Å²) in [5.74, 6) is 1.39. The number of benzene rings is 1. The van der Waals surface area contributed by atoms with Crippen LogP contribution in [-0.2, 0) is 0 Å². The highest BCUT2D eigenvalue weighted by molar-refractivity contribution is 5.93. The number of aromatic amines is 1. The number of methoxy groups -OCH3 is 1. The molecule has 0 aliphatic carbocycles. The molecule has 3 heterocycles. The summed E-state index contributed by atoms with van der Waals surface area (Å²) in [6.45, 7) is 0. The van der Waals surface area contributed by atoms with Gasteiger partial charge in [-0.15, -0.1) is 0 Å². The third kappa shape index (κ3) is 2.32. The van der Waals surface area contributed by atoms with Crippen LogP contribution in [0.2, 0.25) is 0 Å². The summed E-state index contributed by atoms with van der Waals surface area (Å²) in [5.41, 5.74) is 1.10. The molecular weight excluding hydrogens is 306 g/mol. The number of pyridine rings is 1. The summed E-state index contributed by atoms with van der Waals surface area (Å²) < 4.78 is 7.03. The highest BCUT2D eigenvalue weighted by Gasteiger charge is 2.11. The van der Waals surface area contributed by atoms with Crippen molar-refractivity contribution in [2.75, 3.05) is 7.11 Å². The summed E-state index contributed by atoms with van der Waals surface area (Å²) in [5, 5.41) is 6.24. The Bertz CT molecular complexity index is 1080. The standard InChI is InChI=1S/C17H13N5O2/c1-24-15-8-19-17(13-5-3-2-4-12(13)15)22-10-11(6-20-22)14-7-18-9-16(23)21-14/h2-10H,1H3,(H,21,23). The number of rotatable bonds is 3. The van der Waals surface area contributed by atoms with E-state index in [4.69, 9.17) is 4.74 Å². The molecule has 24 heavy (non-hydrogen) atoms. The van der Waals surface area contributed by atoms with Crippen molar-refractivity contribution in [3.8, 4) is 22.8 Å². The molecule has 0 spiro atoms. The van der Waals surface area contributed by atoms with Crippen LogP contribution in [0.15, 0.2) is 60.0 Å². The largest absolute Gasteiger partial charge is 0.494 e. The van der Waals surface area contributed by atoms with Gasteiger partial charge in [0.05, 0.1) is 37.6 Å². The molecule has 0 fully saturated rings. The first-order valence-corrected chi connectivity index (χ1v) is 7.28. The Hall–Kier alpha value is -3.48. The zero-order chi connectivity index (χ0) is 16.5. The highest BCUT2D eigenvalue weighted by atomic mass is 16.5. The van der Waals surface area contributed by atoms with Gasteiger partial charge in [-0.2, -0.15) is 5.10 Å². The lowest BCUT2D eigenvalue weighted by Crippen LogP contribution is -2.05. The topological polar surface area (TPSA) is 85.7 Å². The van der Waals surface area contributed by atoms with Gasteiger partial charge in [-0.3, -0.25) is 9.78 Å². The number of H-pyrrole nitrogens is 1. The first-order valence-electron chi connectivity index (χ1n) is 7.28. The lowest BCUT2D eigenvalue weighted by Gasteiger charge is -2.09. The van der Waals surface area contributed by atoms with E-state index in [0.717, 1.165) is 16.3 Å². The van der Waals surface area contributed by atoms with E-state index in [0.29, 0.717) is 17.3 Å². The molecule has 0 saturated carbocycles. The Morgan fingerprint density at radius 1 is 1.08 bits per heavy atom. The zero-order valence-corrected chi connectivity index (χ0v) is 12.8. The second-order valence-corrected chi connectivity index (χ2v) is 5.18. The summed E-state index contributed by atoms with van der Waals surface area (Å²) in [6, 6.07) is 7.83. The molecule has 0 saturated heterocycles. The average Bonchev–Trinajstić information content (AvgIpc) is 3.10. The van der Waals surface area contributed by atoms with Gasteiger partial charge >= 0.3 is 0 Å². The van der Waals surface area contributed by atoms with E-state index in [2.05, 4.69) is 20.1 Å². The number of hydrogen-bond donors (Lipinski definition) is 1. The predicted molar refractivity (Wildman–Crippen MR) is 89.3 cm³/mol. The first-order chi connectivity index (χ1) is 11.8. The van der Waals surface area contributed by atoms with Crippen LogP contribution in [0.5, 0.6) is 5.75 Å². The Kier molecular flexibility index (Phi) is 3.31. The number of nitrogens with zero attached hydrogens (tertiary/aromatic N) is 4. The lowest BCUT2D eigenvalue weighted by atomic mass is 10.1. The van der Waals surface area contributed by atoms with Crippen molar-refractivity contribution in [1.82, 2.24) is 24.7 Å². The van der Waals surface area contributed by atoms with E-state index in [1.807, 2.05) is 24.3 Å². The molecule has 7 heteroatoms. The number of nitrogens with one attached hydrogen (secondary N) is 1. The molecule has 4 aromatic rings. The third-order valence-electron chi connectivity index (χ3n) is 3.72. The van der Waals surface area contributed by atoms with Crippen molar-refractivity contribution in [1.29, 1.82) is 0 Å². The maximum atomic E-state index is 11.4. The van der Waals surface area contributed by atoms with Gasteiger partial charge in [0.25, 0.3) is 5.56 Å². The minimum Gasteiger partial charge on any atom is -0.494 e. The quantitative estimate of drug-likeness (QED) is 0.625. The molecule has 3 aromatic heterocycles. The van der Waals surface area contributed by atoms with Gasteiger partial charge in [0.15, 0.2) is 5.82 Å². The predicted octanol–water partition coefficient (Wildman–Crippen LogP) is 2.18. The lowest BCUT2D eigenvalue weighted by molar-refractivity contribution is 0.418. The van der Waals surface area contributed by atoms with Crippen molar-refractivity contribution in [3.63, 3.8) is 0 Å². The number of hydrogen-bond acceptors (Lipinski definition) is 5. The number of ether oxygens (including phenoxy) is 1. The van der Waals surface area contributed by atoms with Crippen LogP contribution in [0.4, 0.5) is 0 Å². The fraction of sp³-hybridized carbons (Fsp3) is 0.0588. The van der Waals surface area contributed by atoms with Crippen LogP contribution in [0.1, 0.15) is 0 Å². The van der Waals surface area contributed by atoms with Crippen LogP contribution < -0.4 is 10.3 Å². The van der Waals surface area contributed by atoms with Gasteiger partial charge < -0.3 is 9.72 Å². The molecule has 0 aliphatic rings. The minimum absolute atomic E-state index is 0.256. The van der Waals surface area contributed by atoms with Gasteiger partial charge in [0.1, 0.15) is 5.75 Å². The van der Waals surface area contributed by atoms with Crippen molar-refractivity contribution >= 4 is 10.8 Å². The zero-order valence-electron chi connectivity index (χ0n) is 12.8. The van der Waals surface area contributed by atoms with Crippen LogP contribution in [-0.4, -0.2) is 31.8 Å². The number of fused-ring (bicyclic) bond motifs is 1. The van der Waals surface area contributed by atoms with Gasteiger partial charge in [0.2, 0.25) is 0 Å². The molecular formula is C17H13N5O2. The summed E-state index contributed by atoms with van der Waals surface area (Å²) >= 11 is 0. The Labute approximate surface area is 136 Å². The van der Waals surface area contributed by atoms with Crippen LogP contribution >= 0.6 is 0 Å². The molecule has 0 aliphatic heterocycles. The van der Waals surface area contributed by atoms with E-state index < -0.39 is 0 Å². The highest BCUT2D eigenvalue weighted by Crippen LogP contribution is 2.28. The summed E-state index contributed by atoms with van der Waals surface area (Å²) in [4.78, 5) is 22.5. The maximum Gasteiger partial charge on any atom is 0.266 e. The van der Waals surface area contributed by atoms with E-state index in [-0.39, 0.29) is 5.56 Å². The van der Waals surface area contributed by atoms with Gasteiger partial charge in [0, 0.05) is 22.5 Å². The molecule has 0 radical (unpaired) electrons. The van der Waals surface area contributed by atoms with E-state index >= 15 is 0 Å². The SMILES string of the molecule is COc1cnc(-n2cc(-c3cncc(=O)[nH]3)cn2)c2ccccc12. The van der Waals surface area contributed by atoms with E-state index in [9.17, 15) is 4.79 Å². The fourth-order valence-corrected chi connectivity index (χ4v) is 2.60. The van der Waals surface area contributed by atoms with Crippen LogP contribution in [0, 0.1) is 0 Å². The molecule has 0 unspecified atom stereocenters. The van der Waals surface area contributed by atoms with Crippen molar-refractivity contribution in [2.24, 2.45) is 0 Å². The second kappa shape index (κ2) is 5.62. The monoisotopic (exact) mass is 319 g/mol. The fourth-order valence-electron chi connectivity index (χ4n) is 2.60. The molecule has 4 rings (SSSR count).